The smallest absolute Gasteiger partial charge is 0.247 e. The van der Waals surface area contributed by atoms with E-state index in [1.165, 1.54) is 0 Å². The monoisotopic (exact) mass is 224 g/mol. The van der Waals surface area contributed by atoms with Crippen molar-refractivity contribution in [1.82, 2.24) is 10.2 Å². The van der Waals surface area contributed by atoms with Crippen molar-refractivity contribution >= 4 is 11.6 Å². The molecule has 0 N–H and O–H groups in total. The average Bonchev–Trinajstić information content (AvgIpc) is 2.69. The van der Waals surface area contributed by atoms with Crippen LogP contribution in [0, 0.1) is 6.92 Å². The summed E-state index contributed by atoms with van der Waals surface area (Å²) in [4.78, 5) is 0. The van der Waals surface area contributed by atoms with Gasteiger partial charge in [-0.15, -0.1) is 10.2 Å². The van der Waals surface area contributed by atoms with Crippen LogP contribution in [0.4, 0.5) is 0 Å². The van der Waals surface area contributed by atoms with Gasteiger partial charge in [-0.2, -0.15) is 0 Å². The fourth-order valence-corrected chi connectivity index (χ4v) is 1.13. The van der Waals surface area contributed by atoms with Crippen molar-refractivity contribution in [2.45, 2.75) is 20.8 Å². The summed E-state index contributed by atoms with van der Waals surface area (Å²) in [5, 5.41) is 8.32. The Balaban J connectivity index is 0.000000531. The molecule has 0 amide bonds. The van der Waals surface area contributed by atoms with Crippen LogP contribution in [0.1, 0.15) is 19.7 Å². The van der Waals surface area contributed by atoms with Crippen LogP contribution in [0.2, 0.25) is 5.02 Å². The van der Waals surface area contributed by atoms with E-state index >= 15 is 0 Å². The van der Waals surface area contributed by atoms with Gasteiger partial charge >= 0.3 is 0 Å². The summed E-state index contributed by atoms with van der Waals surface area (Å²) in [6.07, 6.45) is 0. The Bertz CT molecular complexity index is 409. The molecule has 80 valence electrons. The highest BCUT2D eigenvalue weighted by Gasteiger charge is 2.04. The Kier molecular flexibility index (Phi) is 4.31. The minimum Gasteiger partial charge on any atom is -0.421 e. The summed E-state index contributed by atoms with van der Waals surface area (Å²) in [5.74, 6) is 1.08. The normalized spacial score (nSPS) is 9.33. The Hall–Kier alpha value is -1.35. The van der Waals surface area contributed by atoms with E-state index in [1.807, 2.05) is 26.0 Å². The summed E-state index contributed by atoms with van der Waals surface area (Å²) < 4.78 is 5.24. The first kappa shape index (κ1) is 11.7. The van der Waals surface area contributed by atoms with Crippen LogP contribution in [0.25, 0.3) is 11.5 Å². The fourth-order valence-electron chi connectivity index (χ4n) is 1.01. The highest BCUT2D eigenvalue weighted by atomic mass is 35.5. The fraction of sp³-hybridized carbons (Fsp3) is 0.273. The number of aromatic nitrogens is 2. The Morgan fingerprint density at radius 1 is 1.07 bits per heavy atom. The largest absolute Gasteiger partial charge is 0.421 e. The second-order valence-corrected chi connectivity index (χ2v) is 3.07. The van der Waals surface area contributed by atoms with Gasteiger partial charge in [-0.1, -0.05) is 25.4 Å². The number of rotatable bonds is 1. The third-order valence-corrected chi connectivity index (χ3v) is 1.87. The lowest BCUT2D eigenvalue weighted by atomic mass is 10.2. The molecule has 0 aliphatic carbocycles. The van der Waals surface area contributed by atoms with Crippen LogP contribution < -0.4 is 0 Å². The number of hydrogen-bond donors (Lipinski definition) is 0. The van der Waals surface area contributed by atoms with E-state index in [0.717, 1.165) is 5.56 Å². The standard InChI is InChI=1S/C9H7ClN2O.C2H6/c1-6-11-12-9(13-6)7-2-4-8(10)5-3-7;1-2/h2-5H,1H3;1-2H3. The Morgan fingerprint density at radius 3 is 2.13 bits per heavy atom. The number of hydrogen-bond acceptors (Lipinski definition) is 3. The predicted molar refractivity (Wildman–Crippen MR) is 60.8 cm³/mol. The first-order valence-electron chi connectivity index (χ1n) is 4.82. The third-order valence-electron chi connectivity index (χ3n) is 1.62. The molecule has 2 rings (SSSR count). The van der Waals surface area contributed by atoms with Crippen LogP contribution in [-0.2, 0) is 0 Å². The molecule has 0 aliphatic heterocycles. The van der Waals surface area contributed by atoms with Crippen LogP contribution in [0.5, 0.6) is 0 Å². The lowest BCUT2D eigenvalue weighted by Gasteiger charge is -1.93. The zero-order valence-electron chi connectivity index (χ0n) is 8.99. The average molecular weight is 225 g/mol. The molecule has 2 aromatic rings. The van der Waals surface area contributed by atoms with Crippen molar-refractivity contribution in [3.05, 3.63) is 35.2 Å². The molecule has 1 aromatic carbocycles. The minimum absolute atomic E-state index is 0.522. The summed E-state index contributed by atoms with van der Waals surface area (Å²) >= 11 is 5.74. The predicted octanol–water partition coefficient (Wildman–Crippen LogP) is 3.72. The zero-order valence-corrected chi connectivity index (χ0v) is 9.75. The number of benzene rings is 1. The SMILES string of the molecule is CC.Cc1nnc(-c2ccc(Cl)cc2)o1. The lowest BCUT2D eigenvalue weighted by molar-refractivity contribution is 0.533. The van der Waals surface area contributed by atoms with E-state index < -0.39 is 0 Å². The summed E-state index contributed by atoms with van der Waals surface area (Å²) in [5.41, 5.74) is 0.880. The van der Waals surface area contributed by atoms with Crippen molar-refractivity contribution in [2.75, 3.05) is 0 Å². The van der Waals surface area contributed by atoms with Gasteiger partial charge in [0.1, 0.15) is 0 Å². The van der Waals surface area contributed by atoms with Gasteiger partial charge < -0.3 is 4.42 Å². The minimum atomic E-state index is 0.522. The molecule has 4 heteroatoms. The highest BCUT2D eigenvalue weighted by Crippen LogP contribution is 2.19. The summed E-state index contributed by atoms with van der Waals surface area (Å²) in [6.45, 7) is 5.76. The molecule has 0 spiro atoms. The van der Waals surface area contributed by atoms with Gasteiger partial charge in [0.15, 0.2) is 0 Å². The summed E-state index contributed by atoms with van der Waals surface area (Å²) in [6, 6.07) is 7.26. The molecule has 15 heavy (non-hydrogen) atoms. The van der Waals surface area contributed by atoms with Gasteiger partial charge in [-0.05, 0) is 24.3 Å². The van der Waals surface area contributed by atoms with Gasteiger partial charge in [0.05, 0.1) is 0 Å². The van der Waals surface area contributed by atoms with Crippen molar-refractivity contribution in [3.8, 4) is 11.5 Å². The van der Waals surface area contributed by atoms with Gasteiger partial charge in [-0.3, -0.25) is 0 Å². The van der Waals surface area contributed by atoms with E-state index in [9.17, 15) is 0 Å². The topological polar surface area (TPSA) is 38.9 Å². The Morgan fingerprint density at radius 2 is 1.67 bits per heavy atom. The molecule has 0 fully saturated rings. The van der Waals surface area contributed by atoms with E-state index in [-0.39, 0.29) is 0 Å². The van der Waals surface area contributed by atoms with Gasteiger partial charge in [0.2, 0.25) is 11.8 Å². The maximum atomic E-state index is 5.74. The lowest BCUT2D eigenvalue weighted by Crippen LogP contribution is -1.76. The number of nitrogens with zero attached hydrogens (tertiary/aromatic N) is 2. The molecule has 1 heterocycles. The van der Waals surface area contributed by atoms with Crippen molar-refractivity contribution < 1.29 is 4.42 Å². The van der Waals surface area contributed by atoms with Crippen LogP contribution >= 0.6 is 11.6 Å². The third kappa shape index (κ3) is 3.06. The van der Waals surface area contributed by atoms with Crippen LogP contribution in [-0.4, -0.2) is 10.2 Å². The molecule has 0 saturated heterocycles. The second-order valence-electron chi connectivity index (χ2n) is 2.63. The van der Waals surface area contributed by atoms with Gasteiger partial charge in [-0.25, -0.2) is 0 Å². The molecule has 0 unspecified atom stereocenters. The maximum Gasteiger partial charge on any atom is 0.247 e. The van der Waals surface area contributed by atoms with Crippen molar-refractivity contribution in [1.29, 1.82) is 0 Å². The van der Waals surface area contributed by atoms with Gasteiger partial charge in [0.25, 0.3) is 0 Å². The van der Waals surface area contributed by atoms with Crippen molar-refractivity contribution in [3.63, 3.8) is 0 Å². The van der Waals surface area contributed by atoms with E-state index in [0.29, 0.717) is 16.8 Å². The molecule has 0 atom stereocenters. The molecule has 0 saturated carbocycles. The molecule has 1 aromatic heterocycles. The van der Waals surface area contributed by atoms with E-state index in [4.69, 9.17) is 16.0 Å². The molecular formula is C11H13ClN2O. The first-order chi connectivity index (χ1) is 7.25. The molecule has 0 radical (unpaired) electrons. The number of aryl methyl sites for hydroxylation is 1. The maximum absolute atomic E-state index is 5.74. The highest BCUT2D eigenvalue weighted by molar-refractivity contribution is 6.30. The van der Waals surface area contributed by atoms with Crippen molar-refractivity contribution in [2.24, 2.45) is 0 Å². The van der Waals surface area contributed by atoms with Gasteiger partial charge in [0, 0.05) is 17.5 Å². The molecule has 0 bridgehead atoms. The summed E-state index contributed by atoms with van der Waals surface area (Å²) in [7, 11) is 0. The number of halogens is 1. The van der Waals surface area contributed by atoms with E-state index in [2.05, 4.69) is 10.2 Å². The van der Waals surface area contributed by atoms with Crippen LogP contribution in [0.3, 0.4) is 0 Å². The van der Waals surface area contributed by atoms with E-state index in [1.54, 1.807) is 19.1 Å². The molecule has 3 nitrogen and oxygen atoms in total. The molecule has 0 aliphatic rings. The Labute approximate surface area is 94.1 Å². The molecular weight excluding hydrogens is 212 g/mol. The quantitative estimate of drug-likeness (QED) is 0.741. The van der Waals surface area contributed by atoms with Crippen LogP contribution in [0.15, 0.2) is 28.7 Å². The second kappa shape index (κ2) is 5.51. The zero-order chi connectivity index (χ0) is 11.3. The first-order valence-corrected chi connectivity index (χ1v) is 5.19.